The number of thiophene rings is 1. The summed E-state index contributed by atoms with van der Waals surface area (Å²) in [6.45, 7) is 3.99. The van der Waals surface area contributed by atoms with E-state index in [0.29, 0.717) is 12.5 Å². The van der Waals surface area contributed by atoms with Gasteiger partial charge in [-0.2, -0.15) is 11.3 Å². The first-order chi connectivity index (χ1) is 8.18. The van der Waals surface area contributed by atoms with Gasteiger partial charge in [-0.05, 0) is 34.9 Å². The highest BCUT2D eigenvalue weighted by Gasteiger charge is 2.29. The average Bonchev–Trinajstić information content (AvgIpc) is 2.95. The molecule has 0 saturated carbocycles. The molecule has 4 nitrogen and oxygen atoms in total. The fourth-order valence-electron chi connectivity index (χ4n) is 2.07. The first-order valence-electron chi connectivity index (χ1n) is 5.87. The van der Waals surface area contributed by atoms with Crippen molar-refractivity contribution in [2.24, 2.45) is 11.8 Å². The molecule has 2 heterocycles. The number of hydrogen-bond acceptors (Lipinski definition) is 4. The summed E-state index contributed by atoms with van der Waals surface area (Å²) in [7, 11) is 0. The zero-order valence-corrected chi connectivity index (χ0v) is 10.7. The van der Waals surface area contributed by atoms with Crippen LogP contribution in [0.4, 0.5) is 0 Å². The van der Waals surface area contributed by atoms with E-state index < -0.39 is 6.10 Å². The molecule has 1 aromatic rings. The highest BCUT2D eigenvalue weighted by Crippen LogP contribution is 2.17. The molecule has 3 N–H and O–H groups in total. The SMILES string of the molecule is CC1CNCC1C(=O)NCC(O)c1ccsc1. The van der Waals surface area contributed by atoms with Crippen molar-refractivity contribution in [1.82, 2.24) is 10.6 Å². The molecule has 0 aromatic carbocycles. The average molecular weight is 254 g/mol. The second-order valence-corrected chi connectivity index (χ2v) is 5.34. The molecule has 1 aliphatic rings. The Morgan fingerprint density at radius 2 is 2.53 bits per heavy atom. The van der Waals surface area contributed by atoms with Gasteiger partial charge in [-0.1, -0.05) is 6.92 Å². The third kappa shape index (κ3) is 3.06. The van der Waals surface area contributed by atoms with E-state index >= 15 is 0 Å². The molecule has 94 valence electrons. The van der Waals surface area contributed by atoms with Gasteiger partial charge in [0.2, 0.25) is 5.91 Å². The third-order valence-electron chi connectivity index (χ3n) is 3.25. The molecule has 17 heavy (non-hydrogen) atoms. The Morgan fingerprint density at radius 1 is 1.71 bits per heavy atom. The first-order valence-corrected chi connectivity index (χ1v) is 6.81. The smallest absolute Gasteiger partial charge is 0.224 e. The lowest BCUT2D eigenvalue weighted by Gasteiger charge is -2.16. The van der Waals surface area contributed by atoms with Crippen LogP contribution < -0.4 is 10.6 Å². The van der Waals surface area contributed by atoms with Crippen molar-refractivity contribution >= 4 is 17.2 Å². The van der Waals surface area contributed by atoms with Gasteiger partial charge >= 0.3 is 0 Å². The highest BCUT2D eigenvalue weighted by atomic mass is 32.1. The molecular weight excluding hydrogens is 236 g/mol. The van der Waals surface area contributed by atoms with E-state index in [2.05, 4.69) is 17.6 Å². The van der Waals surface area contributed by atoms with Gasteiger partial charge in [-0.3, -0.25) is 4.79 Å². The minimum Gasteiger partial charge on any atom is -0.387 e. The summed E-state index contributed by atoms with van der Waals surface area (Å²) in [5, 5.41) is 19.7. The Morgan fingerprint density at radius 3 is 3.12 bits per heavy atom. The molecule has 3 atom stereocenters. The van der Waals surface area contributed by atoms with Crippen LogP contribution >= 0.6 is 11.3 Å². The van der Waals surface area contributed by atoms with Gasteiger partial charge < -0.3 is 15.7 Å². The zero-order chi connectivity index (χ0) is 12.3. The Bertz CT molecular complexity index is 367. The molecule has 0 radical (unpaired) electrons. The van der Waals surface area contributed by atoms with Crippen LogP contribution in [0.2, 0.25) is 0 Å². The Balaban J connectivity index is 1.80. The van der Waals surface area contributed by atoms with Crippen LogP contribution in [0.5, 0.6) is 0 Å². The van der Waals surface area contributed by atoms with Crippen molar-refractivity contribution < 1.29 is 9.90 Å². The van der Waals surface area contributed by atoms with Crippen molar-refractivity contribution in [2.75, 3.05) is 19.6 Å². The van der Waals surface area contributed by atoms with Crippen molar-refractivity contribution in [3.63, 3.8) is 0 Å². The summed E-state index contributed by atoms with van der Waals surface area (Å²) in [5.41, 5.74) is 0.868. The number of carbonyl (C=O) groups is 1. The summed E-state index contributed by atoms with van der Waals surface area (Å²) < 4.78 is 0. The van der Waals surface area contributed by atoms with E-state index in [4.69, 9.17) is 0 Å². The number of rotatable bonds is 4. The first kappa shape index (κ1) is 12.5. The van der Waals surface area contributed by atoms with E-state index in [0.717, 1.165) is 18.7 Å². The van der Waals surface area contributed by atoms with Crippen molar-refractivity contribution in [1.29, 1.82) is 0 Å². The van der Waals surface area contributed by atoms with Crippen LogP contribution in [0.1, 0.15) is 18.6 Å². The predicted molar refractivity (Wildman–Crippen MR) is 67.8 cm³/mol. The van der Waals surface area contributed by atoms with Crippen molar-refractivity contribution in [3.05, 3.63) is 22.4 Å². The van der Waals surface area contributed by atoms with Crippen LogP contribution in [-0.2, 0) is 4.79 Å². The van der Waals surface area contributed by atoms with Crippen LogP contribution in [0, 0.1) is 11.8 Å². The van der Waals surface area contributed by atoms with E-state index in [-0.39, 0.29) is 11.8 Å². The number of aliphatic hydroxyl groups is 1. The Kier molecular flexibility index (Phi) is 4.15. The topological polar surface area (TPSA) is 61.4 Å². The second-order valence-electron chi connectivity index (χ2n) is 4.56. The Hall–Kier alpha value is -0.910. The van der Waals surface area contributed by atoms with Crippen LogP contribution in [0.15, 0.2) is 16.8 Å². The van der Waals surface area contributed by atoms with Gasteiger partial charge in [0.15, 0.2) is 0 Å². The van der Waals surface area contributed by atoms with Crippen molar-refractivity contribution in [2.45, 2.75) is 13.0 Å². The molecule has 3 unspecified atom stereocenters. The van der Waals surface area contributed by atoms with E-state index in [1.54, 1.807) is 11.3 Å². The normalized spacial score (nSPS) is 25.8. The number of carbonyl (C=O) groups excluding carboxylic acids is 1. The van der Waals surface area contributed by atoms with Gasteiger partial charge in [-0.25, -0.2) is 0 Å². The summed E-state index contributed by atoms with van der Waals surface area (Å²) in [5.74, 6) is 0.440. The van der Waals surface area contributed by atoms with Gasteiger partial charge in [0.25, 0.3) is 0 Å². The summed E-state index contributed by atoms with van der Waals surface area (Å²) in [6, 6.07) is 1.88. The predicted octanol–water partition coefficient (Wildman–Crippen LogP) is 0.753. The van der Waals surface area contributed by atoms with Gasteiger partial charge in [0, 0.05) is 13.1 Å². The summed E-state index contributed by atoms with van der Waals surface area (Å²) >= 11 is 1.55. The lowest BCUT2D eigenvalue weighted by Crippen LogP contribution is -2.36. The van der Waals surface area contributed by atoms with E-state index in [9.17, 15) is 9.90 Å². The summed E-state index contributed by atoms with van der Waals surface area (Å²) in [4.78, 5) is 11.9. The lowest BCUT2D eigenvalue weighted by molar-refractivity contribution is -0.125. The van der Waals surface area contributed by atoms with Gasteiger partial charge in [0.1, 0.15) is 0 Å². The molecule has 0 spiro atoms. The van der Waals surface area contributed by atoms with Crippen molar-refractivity contribution in [3.8, 4) is 0 Å². The fourth-order valence-corrected chi connectivity index (χ4v) is 2.78. The quantitative estimate of drug-likeness (QED) is 0.743. The zero-order valence-electron chi connectivity index (χ0n) is 9.85. The van der Waals surface area contributed by atoms with E-state index in [1.165, 1.54) is 0 Å². The largest absolute Gasteiger partial charge is 0.387 e. The maximum absolute atomic E-state index is 11.9. The maximum atomic E-state index is 11.9. The lowest BCUT2D eigenvalue weighted by atomic mass is 9.97. The van der Waals surface area contributed by atoms with Crippen LogP contribution in [0.25, 0.3) is 0 Å². The van der Waals surface area contributed by atoms with E-state index in [1.807, 2.05) is 16.8 Å². The number of aliphatic hydroxyl groups excluding tert-OH is 1. The molecule has 1 aromatic heterocycles. The van der Waals surface area contributed by atoms with Crippen LogP contribution in [0.3, 0.4) is 0 Å². The standard InChI is InChI=1S/C12H18N2O2S/c1-8-4-13-5-10(8)12(16)14-6-11(15)9-2-3-17-7-9/h2-3,7-8,10-11,13,15H,4-6H2,1H3,(H,14,16). The number of amides is 1. The molecule has 5 heteroatoms. The fraction of sp³-hybridized carbons (Fsp3) is 0.583. The van der Waals surface area contributed by atoms with Crippen LogP contribution in [-0.4, -0.2) is 30.6 Å². The van der Waals surface area contributed by atoms with Gasteiger partial charge in [0.05, 0.1) is 12.0 Å². The number of hydrogen-bond donors (Lipinski definition) is 3. The maximum Gasteiger partial charge on any atom is 0.224 e. The minimum absolute atomic E-state index is 0.0321. The molecule has 0 bridgehead atoms. The summed E-state index contributed by atoms with van der Waals surface area (Å²) in [6.07, 6.45) is -0.602. The number of nitrogens with one attached hydrogen (secondary N) is 2. The molecule has 1 fully saturated rings. The monoisotopic (exact) mass is 254 g/mol. The molecule has 0 aliphatic carbocycles. The molecule has 2 rings (SSSR count). The Labute approximate surface area is 105 Å². The molecular formula is C12H18N2O2S. The highest BCUT2D eigenvalue weighted by molar-refractivity contribution is 7.07. The molecule has 1 aliphatic heterocycles. The van der Waals surface area contributed by atoms with Gasteiger partial charge in [-0.15, -0.1) is 0 Å². The minimum atomic E-state index is -0.602. The second kappa shape index (κ2) is 5.62. The molecule has 1 saturated heterocycles. The molecule has 1 amide bonds. The third-order valence-corrected chi connectivity index (χ3v) is 3.95.